The molecule has 1 heterocycles. The second-order valence-electron chi connectivity index (χ2n) is 4.56. The Morgan fingerprint density at radius 2 is 2.11 bits per heavy atom. The zero-order valence-corrected chi connectivity index (χ0v) is 13.9. The fourth-order valence-electron chi connectivity index (χ4n) is 2.73. The van der Waals surface area contributed by atoms with Crippen LogP contribution in [0.4, 0.5) is 0 Å². The minimum absolute atomic E-state index is 0.386. The van der Waals surface area contributed by atoms with Crippen LogP contribution in [0.1, 0.15) is 28.7 Å². The molecule has 0 saturated carbocycles. The van der Waals surface area contributed by atoms with Crippen LogP contribution >= 0.6 is 43.2 Å². The number of thiophene rings is 1. The molecule has 2 unspecified atom stereocenters. The average molecular weight is 387 g/mol. The van der Waals surface area contributed by atoms with Crippen LogP contribution in [-0.2, 0) is 6.42 Å². The first kappa shape index (κ1) is 12.9. The fraction of sp³-hybridized carbons (Fsp3) is 0.286. The van der Waals surface area contributed by atoms with Crippen LogP contribution in [0.15, 0.2) is 37.9 Å². The molecule has 0 spiro atoms. The molecule has 4 heteroatoms. The summed E-state index contributed by atoms with van der Waals surface area (Å²) >= 11 is 8.97. The third kappa shape index (κ3) is 2.09. The Bertz CT molecular complexity index is 579. The summed E-state index contributed by atoms with van der Waals surface area (Å²) in [4.78, 5) is 0. The van der Waals surface area contributed by atoms with Crippen molar-refractivity contribution in [3.05, 3.63) is 54.6 Å². The number of halogens is 2. The van der Waals surface area contributed by atoms with E-state index < -0.39 is 0 Å². The summed E-state index contributed by atoms with van der Waals surface area (Å²) in [7, 11) is 2.05. The van der Waals surface area contributed by atoms with Gasteiger partial charge in [0.15, 0.2) is 0 Å². The molecular formula is C14H13Br2NS. The van der Waals surface area contributed by atoms with E-state index in [0.717, 1.165) is 0 Å². The van der Waals surface area contributed by atoms with Gasteiger partial charge in [-0.25, -0.2) is 0 Å². The highest BCUT2D eigenvalue weighted by atomic mass is 79.9. The Hall–Kier alpha value is -0.160. The van der Waals surface area contributed by atoms with Gasteiger partial charge in [0, 0.05) is 12.0 Å². The highest BCUT2D eigenvalue weighted by molar-refractivity contribution is 9.12. The lowest BCUT2D eigenvalue weighted by molar-refractivity contribution is 0.438. The van der Waals surface area contributed by atoms with Crippen molar-refractivity contribution in [1.82, 2.24) is 5.32 Å². The Morgan fingerprint density at radius 3 is 2.72 bits per heavy atom. The van der Waals surface area contributed by atoms with Crippen molar-refractivity contribution < 1.29 is 0 Å². The molecule has 0 amide bonds. The molecule has 18 heavy (non-hydrogen) atoms. The molecule has 1 nitrogen and oxygen atoms in total. The first-order chi connectivity index (χ1) is 8.70. The number of hydrogen-bond donors (Lipinski definition) is 1. The predicted molar refractivity (Wildman–Crippen MR) is 84.4 cm³/mol. The maximum absolute atomic E-state index is 3.67. The van der Waals surface area contributed by atoms with Crippen LogP contribution in [0.5, 0.6) is 0 Å². The van der Waals surface area contributed by atoms with Gasteiger partial charge in [-0.15, -0.1) is 11.3 Å². The van der Waals surface area contributed by atoms with Gasteiger partial charge in [-0.1, -0.05) is 24.3 Å². The summed E-state index contributed by atoms with van der Waals surface area (Å²) in [6.45, 7) is 0. The van der Waals surface area contributed by atoms with E-state index in [9.17, 15) is 0 Å². The Balaban J connectivity index is 1.94. The van der Waals surface area contributed by atoms with Crippen LogP contribution in [0, 0.1) is 0 Å². The third-order valence-corrected chi connectivity index (χ3v) is 6.01. The van der Waals surface area contributed by atoms with E-state index in [2.05, 4.69) is 67.5 Å². The maximum atomic E-state index is 3.67. The second kappa shape index (κ2) is 5.08. The minimum Gasteiger partial charge on any atom is -0.312 e. The van der Waals surface area contributed by atoms with Crippen molar-refractivity contribution in [3.8, 4) is 0 Å². The van der Waals surface area contributed by atoms with E-state index in [0.29, 0.717) is 12.0 Å². The molecule has 0 aliphatic heterocycles. The molecule has 2 atom stereocenters. The summed E-state index contributed by atoms with van der Waals surface area (Å²) in [6, 6.07) is 11.4. The molecule has 0 bridgehead atoms. The summed E-state index contributed by atoms with van der Waals surface area (Å²) < 4.78 is 2.40. The topological polar surface area (TPSA) is 12.0 Å². The number of fused-ring (bicyclic) bond motifs is 1. The van der Waals surface area contributed by atoms with Crippen molar-refractivity contribution in [2.45, 2.75) is 18.4 Å². The van der Waals surface area contributed by atoms with Crippen molar-refractivity contribution in [2.75, 3.05) is 7.05 Å². The highest BCUT2D eigenvalue weighted by Gasteiger charge is 2.34. The fourth-order valence-corrected chi connectivity index (χ4v) is 5.66. The SMILES string of the molecule is CNC(c1cc(Br)sc1Br)C1Cc2ccccc21. The molecule has 0 fully saturated rings. The van der Waals surface area contributed by atoms with E-state index in [-0.39, 0.29) is 0 Å². The van der Waals surface area contributed by atoms with Crippen LogP contribution in [0.25, 0.3) is 0 Å². The number of likely N-dealkylation sites (N-methyl/N-ethyl adjacent to an activating group) is 1. The van der Waals surface area contributed by atoms with Crippen LogP contribution in [0.2, 0.25) is 0 Å². The van der Waals surface area contributed by atoms with Crippen LogP contribution in [-0.4, -0.2) is 7.05 Å². The van der Waals surface area contributed by atoms with Crippen LogP contribution in [0.3, 0.4) is 0 Å². The van der Waals surface area contributed by atoms with E-state index >= 15 is 0 Å². The summed E-state index contributed by atoms with van der Waals surface area (Å²) in [5.74, 6) is 0.587. The number of nitrogens with one attached hydrogen (secondary N) is 1. The van der Waals surface area contributed by atoms with Crippen molar-refractivity contribution in [3.63, 3.8) is 0 Å². The maximum Gasteiger partial charge on any atom is 0.0758 e. The monoisotopic (exact) mass is 385 g/mol. The van der Waals surface area contributed by atoms with E-state index in [1.165, 1.54) is 30.7 Å². The van der Waals surface area contributed by atoms with Gasteiger partial charge in [0.25, 0.3) is 0 Å². The van der Waals surface area contributed by atoms with E-state index in [1.54, 1.807) is 11.3 Å². The van der Waals surface area contributed by atoms with E-state index in [1.807, 2.05) is 7.05 Å². The zero-order chi connectivity index (χ0) is 12.7. The van der Waals surface area contributed by atoms with Gasteiger partial charge in [0.05, 0.1) is 7.57 Å². The van der Waals surface area contributed by atoms with Gasteiger partial charge in [-0.05, 0) is 68.1 Å². The highest BCUT2D eigenvalue weighted by Crippen LogP contribution is 2.47. The molecule has 1 N–H and O–H groups in total. The van der Waals surface area contributed by atoms with Crippen LogP contribution < -0.4 is 5.32 Å². The third-order valence-electron chi connectivity index (χ3n) is 3.63. The molecule has 1 aromatic carbocycles. The largest absolute Gasteiger partial charge is 0.312 e. The van der Waals surface area contributed by atoms with Gasteiger partial charge in [-0.2, -0.15) is 0 Å². The lowest BCUT2D eigenvalue weighted by Crippen LogP contribution is -2.31. The normalized spacial score (nSPS) is 19.2. The number of hydrogen-bond acceptors (Lipinski definition) is 2. The van der Waals surface area contributed by atoms with Crippen molar-refractivity contribution >= 4 is 43.2 Å². The smallest absolute Gasteiger partial charge is 0.0758 e. The van der Waals surface area contributed by atoms with E-state index in [4.69, 9.17) is 0 Å². The molecule has 1 aliphatic rings. The second-order valence-corrected chi connectivity index (χ2v) is 8.30. The Labute approximate surface area is 128 Å². The summed E-state index contributed by atoms with van der Waals surface area (Å²) in [5, 5.41) is 3.47. The molecular weight excluding hydrogens is 374 g/mol. The van der Waals surface area contributed by atoms with Gasteiger partial charge in [0.1, 0.15) is 0 Å². The summed E-state index contributed by atoms with van der Waals surface area (Å²) in [6.07, 6.45) is 1.17. The lowest BCUT2D eigenvalue weighted by Gasteiger charge is -2.36. The number of rotatable bonds is 3. The lowest BCUT2D eigenvalue weighted by atomic mass is 9.72. The molecule has 2 aromatic rings. The Morgan fingerprint density at radius 1 is 1.33 bits per heavy atom. The number of benzene rings is 1. The minimum atomic E-state index is 0.386. The standard InChI is InChI=1S/C14H13Br2NS/c1-17-13(11-7-12(15)18-14(11)16)10-6-8-4-2-3-5-9(8)10/h2-5,7,10,13,17H,6H2,1H3. The molecule has 3 rings (SSSR count). The van der Waals surface area contributed by atoms with Gasteiger partial charge in [-0.3, -0.25) is 0 Å². The Kier molecular flexibility index (Phi) is 3.63. The predicted octanol–water partition coefficient (Wildman–Crippen LogP) is 4.87. The molecule has 94 valence electrons. The molecule has 0 saturated heterocycles. The molecule has 1 aliphatic carbocycles. The zero-order valence-electron chi connectivity index (χ0n) is 9.91. The van der Waals surface area contributed by atoms with Gasteiger partial charge in [0.2, 0.25) is 0 Å². The average Bonchev–Trinajstić information content (AvgIpc) is 2.65. The molecule has 0 radical (unpaired) electrons. The van der Waals surface area contributed by atoms with Crippen molar-refractivity contribution in [1.29, 1.82) is 0 Å². The molecule has 1 aromatic heterocycles. The van der Waals surface area contributed by atoms with Gasteiger partial charge < -0.3 is 5.32 Å². The first-order valence-electron chi connectivity index (χ1n) is 5.90. The first-order valence-corrected chi connectivity index (χ1v) is 8.30. The van der Waals surface area contributed by atoms with Crippen molar-refractivity contribution in [2.24, 2.45) is 0 Å². The van der Waals surface area contributed by atoms with Gasteiger partial charge >= 0.3 is 0 Å². The summed E-state index contributed by atoms with van der Waals surface area (Å²) in [5.41, 5.74) is 4.34. The quantitative estimate of drug-likeness (QED) is 0.792.